The van der Waals surface area contributed by atoms with Crippen LogP contribution in [-0.4, -0.2) is 31.8 Å². The number of hydrogen-bond donors (Lipinski definition) is 1. The van der Waals surface area contributed by atoms with Crippen LogP contribution in [0.4, 0.5) is 0 Å². The first-order valence-corrected chi connectivity index (χ1v) is 6.22. The highest BCUT2D eigenvalue weighted by Crippen LogP contribution is 2.10. The summed E-state index contributed by atoms with van der Waals surface area (Å²) < 4.78 is 10.5. The van der Waals surface area contributed by atoms with Gasteiger partial charge < -0.3 is 15.2 Å². The Bertz CT molecular complexity index is 377. The minimum atomic E-state index is -0.314. The van der Waals surface area contributed by atoms with Crippen molar-refractivity contribution in [3.8, 4) is 0 Å². The van der Waals surface area contributed by atoms with Crippen LogP contribution in [0.25, 0.3) is 0 Å². The largest absolute Gasteiger partial charge is 0.460 e. The lowest BCUT2D eigenvalue weighted by Gasteiger charge is -2.10. The number of carbonyl (C=O) groups excluding carboxylic acids is 1. The molecule has 0 aliphatic carbocycles. The maximum absolute atomic E-state index is 11.9. The van der Waals surface area contributed by atoms with Gasteiger partial charge in [-0.1, -0.05) is 18.2 Å². The number of ether oxygens (including phenoxy) is 2. The van der Waals surface area contributed by atoms with Gasteiger partial charge >= 0.3 is 5.97 Å². The van der Waals surface area contributed by atoms with Crippen molar-refractivity contribution in [1.29, 1.82) is 0 Å². The number of nitrogens with two attached hydrogens (primary N) is 1. The average molecular weight is 251 g/mol. The summed E-state index contributed by atoms with van der Waals surface area (Å²) in [6.45, 7) is 5.09. The Kier molecular flexibility index (Phi) is 6.39. The third-order valence-corrected chi connectivity index (χ3v) is 2.42. The third kappa shape index (κ3) is 4.85. The van der Waals surface area contributed by atoms with Gasteiger partial charge in [0.15, 0.2) is 0 Å². The molecular weight excluding hydrogens is 230 g/mol. The molecule has 2 N–H and O–H groups in total. The first kappa shape index (κ1) is 14.7. The van der Waals surface area contributed by atoms with Crippen molar-refractivity contribution in [3.63, 3.8) is 0 Å². The molecule has 0 saturated heterocycles. The summed E-state index contributed by atoms with van der Waals surface area (Å²) in [5, 5.41) is 0. The predicted octanol–water partition coefficient (Wildman–Crippen LogP) is 1.77. The summed E-state index contributed by atoms with van der Waals surface area (Å²) in [6, 6.07) is 7.37. The molecule has 1 aromatic rings. The summed E-state index contributed by atoms with van der Waals surface area (Å²) in [5.41, 5.74) is 7.03. The summed E-state index contributed by atoms with van der Waals surface area (Å²) in [6.07, 6.45) is 0.821. The highest BCUT2D eigenvalue weighted by molar-refractivity contribution is 5.91. The van der Waals surface area contributed by atoms with Crippen molar-refractivity contribution in [2.24, 2.45) is 5.73 Å². The van der Waals surface area contributed by atoms with Crippen LogP contribution in [0.1, 0.15) is 29.8 Å². The van der Waals surface area contributed by atoms with E-state index in [1.54, 1.807) is 6.07 Å². The van der Waals surface area contributed by atoms with Crippen molar-refractivity contribution in [3.05, 3.63) is 35.4 Å². The Balaban J connectivity index is 2.50. The van der Waals surface area contributed by atoms with Crippen LogP contribution in [0.2, 0.25) is 0 Å². The quantitative estimate of drug-likeness (QED) is 0.592. The van der Waals surface area contributed by atoms with Gasteiger partial charge in [-0.15, -0.1) is 0 Å². The molecule has 4 nitrogen and oxygen atoms in total. The average Bonchev–Trinajstić information content (AvgIpc) is 2.35. The molecule has 0 spiro atoms. The van der Waals surface area contributed by atoms with Gasteiger partial charge in [-0.25, -0.2) is 4.79 Å². The maximum Gasteiger partial charge on any atom is 0.338 e. The van der Waals surface area contributed by atoms with E-state index in [0.717, 1.165) is 5.56 Å². The lowest BCUT2D eigenvalue weighted by atomic mass is 10.1. The first-order chi connectivity index (χ1) is 8.65. The monoisotopic (exact) mass is 251 g/mol. The zero-order chi connectivity index (χ0) is 13.4. The van der Waals surface area contributed by atoms with Crippen LogP contribution in [-0.2, 0) is 15.9 Å². The van der Waals surface area contributed by atoms with E-state index in [0.29, 0.717) is 25.1 Å². The van der Waals surface area contributed by atoms with E-state index in [2.05, 4.69) is 0 Å². The summed E-state index contributed by atoms with van der Waals surface area (Å²) >= 11 is 0. The van der Waals surface area contributed by atoms with Crippen molar-refractivity contribution in [2.45, 2.75) is 26.4 Å². The second kappa shape index (κ2) is 7.84. The second-order valence-corrected chi connectivity index (χ2v) is 4.25. The normalized spacial score (nSPS) is 10.7. The summed E-state index contributed by atoms with van der Waals surface area (Å²) in [4.78, 5) is 11.9. The molecule has 0 atom stereocenters. The molecule has 100 valence electrons. The van der Waals surface area contributed by atoms with Gasteiger partial charge in [0.2, 0.25) is 0 Å². The molecule has 0 heterocycles. The molecule has 0 radical (unpaired) electrons. The fourth-order valence-electron chi connectivity index (χ4n) is 1.59. The van der Waals surface area contributed by atoms with Gasteiger partial charge in [0.1, 0.15) is 6.61 Å². The van der Waals surface area contributed by atoms with Gasteiger partial charge in [-0.3, -0.25) is 0 Å². The molecule has 0 fully saturated rings. The third-order valence-electron chi connectivity index (χ3n) is 2.42. The second-order valence-electron chi connectivity index (χ2n) is 4.25. The number of rotatable bonds is 7. The lowest BCUT2D eigenvalue weighted by Crippen LogP contribution is -2.15. The van der Waals surface area contributed by atoms with E-state index in [-0.39, 0.29) is 18.7 Å². The minimum Gasteiger partial charge on any atom is -0.460 e. The topological polar surface area (TPSA) is 61.5 Å². The van der Waals surface area contributed by atoms with Crippen molar-refractivity contribution in [2.75, 3.05) is 19.8 Å². The fourth-order valence-corrected chi connectivity index (χ4v) is 1.59. The molecule has 18 heavy (non-hydrogen) atoms. The van der Waals surface area contributed by atoms with Gasteiger partial charge in [0, 0.05) is 0 Å². The van der Waals surface area contributed by atoms with Gasteiger partial charge in [-0.2, -0.15) is 0 Å². The number of hydrogen-bond acceptors (Lipinski definition) is 4. The Morgan fingerprint density at radius 1 is 1.28 bits per heavy atom. The van der Waals surface area contributed by atoms with Gasteiger partial charge in [0.05, 0.1) is 18.3 Å². The fraction of sp³-hybridized carbons (Fsp3) is 0.500. The summed E-state index contributed by atoms with van der Waals surface area (Å²) in [7, 11) is 0. The van der Waals surface area contributed by atoms with Crippen molar-refractivity contribution < 1.29 is 14.3 Å². The van der Waals surface area contributed by atoms with Crippen LogP contribution < -0.4 is 5.73 Å². The number of benzene rings is 1. The van der Waals surface area contributed by atoms with Gasteiger partial charge in [0.25, 0.3) is 0 Å². The van der Waals surface area contributed by atoms with Gasteiger partial charge in [-0.05, 0) is 38.4 Å². The highest BCUT2D eigenvalue weighted by Gasteiger charge is 2.11. The molecule has 4 heteroatoms. The Morgan fingerprint density at radius 2 is 2.00 bits per heavy atom. The van der Waals surface area contributed by atoms with Crippen LogP contribution in [0.15, 0.2) is 24.3 Å². The molecule has 1 rings (SSSR count). The zero-order valence-corrected chi connectivity index (χ0v) is 11.0. The van der Waals surface area contributed by atoms with E-state index in [1.807, 2.05) is 32.0 Å². The van der Waals surface area contributed by atoms with Crippen LogP contribution in [0.5, 0.6) is 0 Å². The molecule has 0 saturated carbocycles. The molecular formula is C14H21NO3. The lowest BCUT2D eigenvalue weighted by molar-refractivity contribution is 0.0176. The Hall–Kier alpha value is -1.39. The van der Waals surface area contributed by atoms with E-state index in [1.165, 1.54) is 0 Å². The molecule has 0 amide bonds. The van der Waals surface area contributed by atoms with Crippen molar-refractivity contribution in [1.82, 2.24) is 0 Å². The standard InChI is InChI=1S/C14H21NO3/c1-11(2)17-9-10-18-14(16)13-6-4-3-5-12(13)7-8-15/h3-6,11H,7-10,15H2,1-2H3. The Morgan fingerprint density at radius 3 is 2.67 bits per heavy atom. The van der Waals surface area contributed by atoms with Crippen LogP contribution in [0, 0.1) is 0 Å². The van der Waals surface area contributed by atoms with Crippen LogP contribution >= 0.6 is 0 Å². The highest BCUT2D eigenvalue weighted by atomic mass is 16.6. The van der Waals surface area contributed by atoms with Crippen molar-refractivity contribution >= 4 is 5.97 Å². The number of carbonyl (C=O) groups is 1. The maximum atomic E-state index is 11.9. The molecule has 0 unspecified atom stereocenters. The van der Waals surface area contributed by atoms with Crippen LogP contribution in [0.3, 0.4) is 0 Å². The molecule has 0 aliphatic rings. The summed E-state index contributed by atoms with van der Waals surface area (Å²) in [5.74, 6) is -0.314. The molecule has 1 aromatic carbocycles. The van der Waals surface area contributed by atoms with E-state index < -0.39 is 0 Å². The van der Waals surface area contributed by atoms with E-state index >= 15 is 0 Å². The molecule has 0 aliphatic heterocycles. The minimum absolute atomic E-state index is 0.147. The predicted molar refractivity (Wildman–Crippen MR) is 70.6 cm³/mol. The Labute approximate surface area is 108 Å². The molecule has 0 bridgehead atoms. The van der Waals surface area contributed by atoms with E-state index in [4.69, 9.17) is 15.2 Å². The zero-order valence-electron chi connectivity index (χ0n) is 11.0. The molecule has 0 aromatic heterocycles. The number of esters is 1. The van der Waals surface area contributed by atoms with E-state index in [9.17, 15) is 4.79 Å². The first-order valence-electron chi connectivity index (χ1n) is 6.22. The smallest absolute Gasteiger partial charge is 0.338 e. The SMILES string of the molecule is CC(C)OCCOC(=O)c1ccccc1CCN.